The van der Waals surface area contributed by atoms with Crippen molar-refractivity contribution in [2.45, 2.75) is 46.6 Å². The van der Waals surface area contributed by atoms with Gasteiger partial charge in [-0.05, 0) is 67.6 Å². The Labute approximate surface area is 255 Å². The van der Waals surface area contributed by atoms with Crippen molar-refractivity contribution in [2.75, 3.05) is 24.7 Å². The number of thiazole rings is 1. The van der Waals surface area contributed by atoms with Crippen molar-refractivity contribution >= 4 is 39.9 Å². The van der Waals surface area contributed by atoms with Crippen LogP contribution in [0.1, 0.15) is 66.1 Å². The van der Waals surface area contributed by atoms with E-state index >= 15 is 0 Å². The number of Topliss-reactive ketones (excluding diaryl/α,β-unsaturated/α-hetero) is 1. The number of nitrogens with zero attached hydrogens (tertiary/aromatic N) is 2. The minimum absolute atomic E-state index is 0.0158. The van der Waals surface area contributed by atoms with Gasteiger partial charge in [-0.25, -0.2) is 9.78 Å². The molecule has 1 aliphatic heterocycles. The lowest BCUT2D eigenvalue weighted by Crippen LogP contribution is -2.29. The highest BCUT2D eigenvalue weighted by molar-refractivity contribution is 7.17. The molecule has 0 saturated carbocycles. The highest BCUT2D eigenvalue weighted by atomic mass is 32.1. The van der Waals surface area contributed by atoms with Crippen molar-refractivity contribution in [1.29, 1.82) is 0 Å². The smallest absolute Gasteiger partial charge is 0.350 e. The van der Waals surface area contributed by atoms with Crippen molar-refractivity contribution in [1.82, 2.24) is 4.98 Å². The summed E-state index contributed by atoms with van der Waals surface area (Å²) in [6, 6.07) is 12.7. The molecule has 4 rings (SSSR count). The topological polar surface area (TPSA) is 115 Å². The van der Waals surface area contributed by atoms with Crippen LogP contribution < -0.4 is 14.4 Å². The van der Waals surface area contributed by atoms with Crippen LogP contribution in [0, 0.1) is 12.8 Å². The molecule has 3 aromatic rings. The monoisotopic (exact) mass is 604 g/mol. The third kappa shape index (κ3) is 7.14. The van der Waals surface area contributed by atoms with Gasteiger partial charge in [0.25, 0.3) is 5.78 Å². The Hall–Kier alpha value is -4.44. The van der Waals surface area contributed by atoms with E-state index in [0.717, 1.165) is 24.2 Å². The molecule has 1 aromatic heterocycles. The average Bonchev–Trinajstić information content (AvgIpc) is 3.50. The molecule has 1 N–H and O–H groups in total. The SMILES string of the molecule is C=CCOC(=O)c1sc(N2C(=O)C(=O)/C(=C(/O)c3ccc(OCCC)cc3)C2c2cccc(OCCC(C)C)c2)nc1C. The van der Waals surface area contributed by atoms with E-state index in [9.17, 15) is 19.5 Å². The molecule has 226 valence electrons. The van der Waals surface area contributed by atoms with E-state index < -0.39 is 23.7 Å². The van der Waals surface area contributed by atoms with Crippen LogP contribution in [-0.2, 0) is 14.3 Å². The molecular formula is C33H36N2O7S. The molecule has 1 atom stereocenters. The van der Waals surface area contributed by atoms with Crippen LogP contribution in [0.25, 0.3) is 5.76 Å². The zero-order chi connectivity index (χ0) is 31.1. The van der Waals surface area contributed by atoms with Gasteiger partial charge in [-0.15, -0.1) is 0 Å². The van der Waals surface area contributed by atoms with Gasteiger partial charge in [-0.1, -0.05) is 56.9 Å². The van der Waals surface area contributed by atoms with Gasteiger partial charge in [-0.2, -0.15) is 0 Å². The van der Waals surface area contributed by atoms with Crippen LogP contribution in [-0.4, -0.2) is 47.6 Å². The molecule has 1 unspecified atom stereocenters. The highest BCUT2D eigenvalue weighted by Crippen LogP contribution is 2.44. The summed E-state index contributed by atoms with van der Waals surface area (Å²) in [5.74, 6) is -1.06. The van der Waals surface area contributed by atoms with Gasteiger partial charge in [0.2, 0.25) is 0 Å². The molecule has 0 spiro atoms. The number of esters is 1. The Bertz CT molecular complexity index is 1520. The maximum Gasteiger partial charge on any atom is 0.350 e. The number of aliphatic hydroxyl groups is 1. The Morgan fingerprint density at radius 1 is 1.12 bits per heavy atom. The first-order valence-corrected chi connectivity index (χ1v) is 15.0. The first kappa shape index (κ1) is 31.5. The maximum absolute atomic E-state index is 13.6. The van der Waals surface area contributed by atoms with Crippen LogP contribution in [0.3, 0.4) is 0 Å². The second kappa shape index (κ2) is 14.2. The summed E-state index contributed by atoms with van der Waals surface area (Å²) in [5.41, 5.74) is 1.13. The maximum atomic E-state index is 13.6. The van der Waals surface area contributed by atoms with Gasteiger partial charge in [0, 0.05) is 5.56 Å². The largest absolute Gasteiger partial charge is 0.507 e. The molecule has 1 amide bonds. The summed E-state index contributed by atoms with van der Waals surface area (Å²) < 4.78 is 16.8. The number of carbonyl (C=O) groups excluding carboxylic acids is 3. The molecule has 2 heterocycles. The fourth-order valence-corrected chi connectivity index (χ4v) is 5.48. The molecule has 0 radical (unpaired) electrons. The average molecular weight is 605 g/mol. The number of ketones is 1. The fraction of sp³-hybridized carbons (Fsp3) is 0.333. The molecule has 2 aromatic carbocycles. The van der Waals surface area contributed by atoms with Gasteiger partial charge in [0.05, 0.1) is 30.5 Å². The minimum atomic E-state index is -1.03. The summed E-state index contributed by atoms with van der Waals surface area (Å²) in [4.78, 5) is 45.8. The number of aliphatic hydroxyl groups excluding tert-OH is 1. The van der Waals surface area contributed by atoms with Gasteiger partial charge in [-0.3, -0.25) is 14.5 Å². The van der Waals surface area contributed by atoms with Crippen LogP contribution in [0.5, 0.6) is 11.5 Å². The Kier molecular flexibility index (Phi) is 10.4. The van der Waals surface area contributed by atoms with Crippen LogP contribution in [0.15, 0.2) is 66.8 Å². The number of benzene rings is 2. The van der Waals surface area contributed by atoms with E-state index in [1.807, 2.05) is 6.92 Å². The van der Waals surface area contributed by atoms with E-state index in [-0.39, 0.29) is 27.9 Å². The van der Waals surface area contributed by atoms with Gasteiger partial charge < -0.3 is 19.3 Å². The fourth-order valence-electron chi connectivity index (χ4n) is 4.49. The van der Waals surface area contributed by atoms with Crippen molar-refractivity contribution in [3.63, 3.8) is 0 Å². The number of ether oxygens (including phenoxy) is 3. The van der Waals surface area contributed by atoms with Gasteiger partial charge in [0.15, 0.2) is 5.13 Å². The first-order valence-electron chi connectivity index (χ1n) is 14.2. The van der Waals surface area contributed by atoms with Crippen molar-refractivity contribution < 1.29 is 33.7 Å². The molecule has 43 heavy (non-hydrogen) atoms. The number of aromatic nitrogens is 1. The normalized spacial score (nSPS) is 16.0. The second-order valence-corrected chi connectivity index (χ2v) is 11.4. The summed E-state index contributed by atoms with van der Waals surface area (Å²) in [6.07, 6.45) is 3.14. The standard InChI is InChI=1S/C33H36N2O7S/c1-6-16-40-24-13-11-22(12-14-24)28(36)26-27(23-9-8-10-25(19-23)41-18-15-20(3)4)35(31(38)29(26)37)33-34-21(5)30(43-33)32(39)42-17-7-2/h7-14,19-20,27,36H,2,6,15-18H2,1,3-5H3/b28-26+. The molecule has 1 fully saturated rings. The number of hydrogen-bond donors (Lipinski definition) is 1. The predicted octanol–water partition coefficient (Wildman–Crippen LogP) is 6.63. The lowest BCUT2D eigenvalue weighted by atomic mass is 9.95. The molecule has 9 nitrogen and oxygen atoms in total. The number of rotatable bonds is 13. The van der Waals surface area contributed by atoms with E-state index in [4.69, 9.17) is 14.2 Å². The second-order valence-electron chi connectivity index (χ2n) is 10.4. The Morgan fingerprint density at radius 2 is 1.84 bits per heavy atom. The Morgan fingerprint density at radius 3 is 2.51 bits per heavy atom. The molecule has 10 heteroatoms. The zero-order valence-corrected chi connectivity index (χ0v) is 25.6. The number of carbonyl (C=O) groups is 3. The van der Waals surface area contributed by atoms with Crippen LogP contribution in [0.4, 0.5) is 5.13 Å². The lowest BCUT2D eigenvalue weighted by Gasteiger charge is -2.23. The van der Waals surface area contributed by atoms with E-state index in [0.29, 0.717) is 47.5 Å². The summed E-state index contributed by atoms with van der Waals surface area (Å²) in [6.45, 7) is 12.4. The van der Waals surface area contributed by atoms with Gasteiger partial charge >= 0.3 is 11.9 Å². The predicted molar refractivity (Wildman–Crippen MR) is 166 cm³/mol. The van der Waals surface area contributed by atoms with Gasteiger partial charge in [0.1, 0.15) is 28.7 Å². The Balaban J connectivity index is 1.81. The first-order chi connectivity index (χ1) is 20.7. The lowest BCUT2D eigenvalue weighted by molar-refractivity contribution is -0.132. The summed E-state index contributed by atoms with van der Waals surface area (Å²) in [7, 11) is 0. The van der Waals surface area contributed by atoms with E-state index in [1.54, 1.807) is 55.5 Å². The number of anilines is 1. The van der Waals surface area contributed by atoms with Crippen molar-refractivity contribution in [3.8, 4) is 11.5 Å². The van der Waals surface area contributed by atoms with Crippen molar-refractivity contribution in [3.05, 3.63) is 88.5 Å². The number of hydrogen-bond acceptors (Lipinski definition) is 9. The van der Waals surface area contributed by atoms with E-state index in [1.165, 1.54) is 11.0 Å². The quantitative estimate of drug-likeness (QED) is 0.0760. The number of amides is 1. The van der Waals surface area contributed by atoms with Crippen LogP contribution >= 0.6 is 11.3 Å². The molecule has 0 bridgehead atoms. The molecule has 1 saturated heterocycles. The third-order valence-corrected chi connectivity index (χ3v) is 7.83. The zero-order valence-electron chi connectivity index (χ0n) is 24.8. The highest BCUT2D eigenvalue weighted by Gasteiger charge is 2.48. The molecule has 0 aliphatic carbocycles. The molecular weight excluding hydrogens is 568 g/mol. The minimum Gasteiger partial charge on any atom is -0.507 e. The number of aryl methyl sites for hydroxylation is 1. The van der Waals surface area contributed by atoms with Crippen molar-refractivity contribution in [2.24, 2.45) is 5.92 Å². The molecule has 1 aliphatic rings. The van der Waals surface area contributed by atoms with E-state index in [2.05, 4.69) is 25.4 Å². The third-order valence-electron chi connectivity index (χ3n) is 6.69. The summed E-state index contributed by atoms with van der Waals surface area (Å²) in [5, 5.41) is 11.6. The summed E-state index contributed by atoms with van der Waals surface area (Å²) >= 11 is 0.941. The van der Waals surface area contributed by atoms with Crippen LogP contribution in [0.2, 0.25) is 0 Å².